The topological polar surface area (TPSA) is 35.2 Å². The summed E-state index contributed by atoms with van der Waals surface area (Å²) in [6.07, 6.45) is 0. The molecule has 1 rings (SSSR count). The smallest absolute Gasteiger partial charge is 0.0809 e. The largest absolute Gasteiger partial charge is 0.375 e. The molecule has 0 fully saturated rings. The van der Waals surface area contributed by atoms with Gasteiger partial charge in [0.1, 0.15) is 0 Å². The Morgan fingerprint density at radius 3 is 2.85 bits per heavy atom. The molecule has 2 nitrogen and oxygen atoms in total. The minimum atomic E-state index is 0.0945. The number of ether oxygens (including phenoxy) is 1. The maximum atomic E-state index is 5.59. The van der Waals surface area contributed by atoms with E-state index in [2.05, 4.69) is 25.3 Å². The summed E-state index contributed by atoms with van der Waals surface area (Å²) in [5, 5.41) is 2.06. The van der Waals surface area contributed by atoms with E-state index in [1.165, 1.54) is 4.88 Å². The molecule has 0 bridgehead atoms. The van der Waals surface area contributed by atoms with E-state index in [4.69, 9.17) is 10.5 Å². The minimum absolute atomic E-state index is 0.0945. The molecule has 0 saturated carbocycles. The van der Waals surface area contributed by atoms with Crippen molar-refractivity contribution in [3.05, 3.63) is 22.4 Å². The predicted molar refractivity (Wildman–Crippen MR) is 56.8 cm³/mol. The zero-order valence-corrected chi connectivity index (χ0v) is 9.06. The highest BCUT2D eigenvalue weighted by Gasteiger charge is 2.15. The van der Waals surface area contributed by atoms with Crippen LogP contribution in [0.2, 0.25) is 0 Å². The zero-order valence-electron chi connectivity index (χ0n) is 8.25. The molecular weight excluding hydrogens is 182 g/mol. The molecule has 0 atom stereocenters. The maximum Gasteiger partial charge on any atom is 0.0809 e. The highest BCUT2D eigenvalue weighted by atomic mass is 32.1. The molecule has 0 spiro atoms. The van der Waals surface area contributed by atoms with E-state index >= 15 is 0 Å². The SMILES string of the molecule is CC(C)(CN)COCc1cccs1. The summed E-state index contributed by atoms with van der Waals surface area (Å²) in [6, 6.07) is 4.12. The number of thiophene rings is 1. The van der Waals surface area contributed by atoms with Crippen LogP contribution in [0.25, 0.3) is 0 Å². The van der Waals surface area contributed by atoms with E-state index < -0.39 is 0 Å². The third-order valence-electron chi connectivity index (χ3n) is 1.87. The van der Waals surface area contributed by atoms with Gasteiger partial charge in [-0.05, 0) is 18.0 Å². The lowest BCUT2D eigenvalue weighted by molar-refractivity contribution is 0.0568. The molecule has 0 aliphatic carbocycles. The molecule has 2 N–H and O–H groups in total. The van der Waals surface area contributed by atoms with E-state index in [0.29, 0.717) is 13.2 Å². The molecule has 3 heteroatoms. The van der Waals surface area contributed by atoms with Gasteiger partial charge in [-0.3, -0.25) is 0 Å². The molecule has 0 aliphatic heterocycles. The van der Waals surface area contributed by atoms with Crippen LogP contribution in [0, 0.1) is 5.41 Å². The van der Waals surface area contributed by atoms with Gasteiger partial charge in [-0.2, -0.15) is 0 Å². The van der Waals surface area contributed by atoms with Crippen molar-refractivity contribution in [3.63, 3.8) is 0 Å². The lowest BCUT2D eigenvalue weighted by atomic mass is 9.95. The second-order valence-electron chi connectivity index (χ2n) is 3.94. The molecule has 1 aromatic rings. The molecule has 0 radical (unpaired) electrons. The van der Waals surface area contributed by atoms with E-state index in [0.717, 1.165) is 6.61 Å². The molecule has 0 saturated heterocycles. The number of hydrogen-bond donors (Lipinski definition) is 1. The Labute approximate surface area is 83.7 Å². The summed E-state index contributed by atoms with van der Waals surface area (Å²) < 4.78 is 5.56. The number of rotatable bonds is 5. The van der Waals surface area contributed by atoms with Crippen molar-refractivity contribution in [2.45, 2.75) is 20.5 Å². The Hall–Kier alpha value is -0.380. The third-order valence-corrected chi connectivity index (χ3v) is 2.72. The van der Waals surface area contributed by atoms with E-state index in [1.807, 2.05) is 6.07 Å². The van der Waals surface area contributed by atoms with Gasteiger partial charge in [-0.1, -0.05) is 19.9 Å². The lowest BCUT2D eigenvalue weighted by Gasteiger charge is -2.21. The van der Waals surface area contributed by atoms with Crippen molar-refractivity contribution in [2.24, 2.45) is 11.1 Å². The summed E-state index contributed by atoms with van der Waals surface area (Å²) in [6.45, 7) is 6.32. The minimum Gasteiger partial charge on any atom is -0.375 e. The molecule has 0 unspecified atom stereocenters. The fourth-order valence-electron chi connectivity index (χ4n) is 0.882. The summed E-state index contributed by atoms with van der Waals surface area (Å²) in [5.74, 6) is 0. The summed E-state index contributed by atoms with van der Waals surface area (Å²) in [4.78, 5) is 1.27. The Morgan fingerprint density at radius 1 is 1.54 bits per heavy atom. The predicted octanol–water partition coefficient (Wildman–Crippen LogP) is 2.25. The normalized spacial score (nSPS) is 11.9. The van der Waals surface area contributed by atoms with Crippen LogP contribution in [-0.2, 0) is 11.3 Å². The van der Waals surface area contributed by atoms with Crippen molar-refractivity contribution in [2.75, 3.05) is 13.2 Å². The van der Waals surface area contributed by atoms with Crippen LogP contribution in [0.4, 0.5) is 0 Å². The molecule has 0 aliphatic rings. The first-order chi connectivity index (χ1) is 6.14. The van der Waals surface area contributed by atoms with Crippen LogP contribution in [0.5, 0.6) is 0 Å². The molecule has 1 heterocycles. The van der Waals surface area contributed by atoms with Gasteiger partial charge in [-0.15, -0.1) is 11.3 Å². The van der Waals surface area contributed by atoms with Crippen LogP contribution in [0.3, 0.4) is 0 Å². The molecular formula is C10H17NOS. The highest BCUT2D eigenvalue weighted by molar-refractivity contribution is 7.09. The first-order valence-electron chi connectivity index (χ1n) is 4.44. The van der Waals surface area contributed by atoms with Gasteiger partial charge in [0.15, 0.2) is 0 Å². The molecule has 74 valence electrons. The van der Waals surface area contributed by atoms with Gasteiger partial charge in [0.25, 0.3) is 0 Å². The molecule has 0 amide bonds. The fraction of sp³-hybridized carbons (Fsp3) is 0.600. The van der Waals surface area contributed by atoms with Crippen molar-refractivity contribution in [1.82, 2.24) is 0 Å². The first-order valence-corrected chi connectivity index (χ1v) is 5.32. The summed E-state index contributed by atoms with van der Waals surface area (Å²) in [5.41, 5.74) is 5.68. The van der Waals surface area contributed by atoms with Crippen molar-refractivity contribution < 1.29 is 4.74 Å². The fourth-order valence-corrected chi connectivity index (χ4v) is 1.52. The zero-order chi connectivity index (χ0) is 9.73. The Morgan fingerprint density at radius 2 is 2.31 bits per heavy atom. The van der Waals surface area contributed by atoms with Crippen LogP contribution < -0.4 is 5.73 Å². The van der Waals surface area contributed by atoms with Crippen LogP contribution in [0.1, 0.15) is 18.7 Å². The average molecular weight is 199 g/mol. The number of hydrogen-bond acceptors (Lipinski definition) is 3. The first kappa shape index (κ1) is 10.7. The van der Waals surface area contributed by atoms with E-state index in [1.54, 1.807) is 11.3 Å². The monoisotopic (exact) mass is 199 g/mol. The molecule has 13 heavy (non-hydrogen) atoms. The maximum absolute atomic E-state index is 5.59. The van der Waals surface area contributed by atoms with Gasteiger partial charge in [0.05, 0.1) is 13.2 Å². The Balaban J connectivity index is 2.21. The van der Waals surface area contributed by atoms with E-state index in [9.17, 15) is 0 Å². The lowest BCUT2D eigenvalue weighted by Crippen LogP contribution is -2.28. The van der Waals surface area contributed by atoms with E-state index in [-0.39, 0.29) is 5.41 Å². The Kier molecular flexibility index (Phi) is 3.90. The molecule has 1 aromatic heterocycles. The third kappa shape index (κ3) is 3.89. The van der Waals surface area contributed by atoms with Crippen molar-refractivity contribution in [1.29, 1.82) is 0 Å². The Bertz CT molecular complexity index is 231. The quantitative estimate of drug-likeness (QED) is 0.789. The van der Waals surface area contributed by atoms with Crippen LogP contribution in [0.15, 0.2) is 17.5 Å². The van der Waals surface area contributed by atoms with Gasteiger partial charge in [0, 0.05) is 10.3 Å². The van der Waals surface area contributed by atoms with Gasteiger partial charge < -0.3 is 10.5 Å². The summed E-state index contributed by atoms with van der Waals surface area (Å²) >= 11 is 1.72. The van der Waals surface area contributed by atoms with Gasteiger partial charge in [-0.25, -0.2) is 0 Å². The standard InChI is InChI=1S/C10H17NOS/c1-10(2,7-11)8-12-6-9-4-3-5-13-9/h3-5H,6-8,11H2,1-2H3. The van der Waals surface area contributed by atoms with Gasteiger partial charge in [0.2, 0.25) is 0 Å². The van der Waals surface area contributed by atoms with Crippen molar-refractivity contribution in [3.8, 4) is 0 Å². The van der Waals surface area contributed by atoms with Crippen LogP contribution in [-0.4, -0.2) is 13.2 Å². The molecule has 0 aromatic carbocycles. The van der Waals surface area contributed by atoms with Gasteiger partial charge >= 0.3 is 0 Å². The second kappa shape index (κ2) is 4.74. The van der Waals surface area contributed by atoms with Crippen LogP contribution >= 0.6 is 11.3 Å². The second-order valence-corrected chi connectivity index (χ2v) is 4.97. The highest BCUT2D eigenvalue weighted by Crippen LogP contribution is 2.15. The average Bonchev–Trinajstić information content (AvgIpc) is 2.57. The number of nitrogens with two attached hydrogens (primary N) is 1. The van der Waals surface area contributed by atoms with Crippen molar-refractivity contribution >= 4 is 11.3 Å². The summed E-state index contributed by atoms with van der Waals surface area (Å²) in [7, 11) is 0.